The van der Waals surface area contributed by atoms with Gasteiger partial charge in [0, 0.05) is 42.8 Å². The second-order valence-corrected chi connectivity index (χ2v) is 6.34. The lowest BCUT2D eigenvalue weighted by atomic mass is 10.0. The van der Waals surface area contributed by atoms with Gasteiger partial charge in [0.05, 0.1) is 12.3 Å². The van der Waals surface area contributed by atoms with Crippen molar-refractivity contribution in [2.75, 3.05) is 11.4 Å². The predicted molar refractivity (Wildman–Crippen MR) is 89.3 cm³/mol. The van der Waals surface area contributed by atoms with Gasteiger partial charge in [0.25, 0.3) is 0 Å². The number of hydrogen-bond acceptors (Lipinski definition) is 5. The van der Waals surface area contributed by atoms with Crippen molar-refractivity contribution >= 4 is 5.95 Å². The summed E-state index contributed by atoms with van der Waals surface area (Å²) in [7, 11) is 1.87. The number of hydrogen-bond donors (Lipinski definition) is 1. The van der Waals surface area contributed by atoms with Gasteiger partial charge in [-0.1, -0.05) is 6.92 Å². The lowest BCUT2D eigenvalue weighted by Crippen LogP contribution is -2.32. The van der Waals surface area contributed by atoms with Crippen LogP contribution in [-0.2, 0) is 13.5 Å². The van der Waals surface area contributed by atoms with E-state index in [-0.39, 0.29) is 6.04 Å². The van der Waals surface area contributed by atoms with Gasteiger partial charge < -0.3 is 10.0 Å². The van der Waals surface area contributed by atoms with Gasteiger partial charge >= 0.3 is 0 Å². The van der Waals surface area contributed by atoms with Gasteiger partial charge in [0.2, 0.25) is 5.95 Å². The van der Waals surface area contributed by atoms with Crippen LogP contribution in [-0.4, -0.2) is 37.4 Å². The molecule has 2 aromatic heterocycles. The number of nitrogens with zero attached hydrogens (tertiary/aromatic N) is 5. The van der Waals surface area contributed by atoms with E-state index in [1.807, 2.05) is 26.2 Å². The average Bonchev–Trinajstić information content (AvgIpc) is 3.15. The molecule has 3 heterocycles. The Bertz CT molecular complexity index is 669. The van der Waals surface area contributed by atoms with Crippen molar-refractivity contribution in [3.05, 3.63) is 35.4 Å². The molecule has 0 radical (unpaired) electrons. The number of anilines is 1. The highest BCUT2D eigenvalue weighted by molar-refractivity contribution is 5.36. The molecule has 0 aliphatic carbocycles. The van der Waals surface area contributed by atoms with Crippen LogP contribution in [0.15, 0.2) is 18.5 Å². The van der Waals surface area contributed by atoms with Gasteiger partial charge in [-0.25, -0.2) is 9.97 Å². The second-order valence-electron chi connectivity index (χ2n) is 6.34. The first kappa shape index (κ1) is 15.9. The van der Waals surface area contributed by atoms with Crippen LogP contribution in [0.2, 0.25) is 0 Å². The summed E-state index contributed by atoms with van der Waals surface area (Å²) in [5.41, 5.74) is 2.95. The maximum Gasteiger partial charge on any atom is 0.226 e. The molecule has 0 amide bonds. The maximum atomic E-state index is 10.5. The van der Waals surface area contributed by atoms with E-state index in [0.717, 1.165) is 48.7 Å². The van der Waals surface area contributed by atoms with Gasteiger partial charge in [0.1, 0.15) is 0 Å². The molecule has 1 aliphatic heterocycles. The summed E-state index contributed by atoms with van der Waals surface area (Å²) in [6.07, 6.45) is 6.89. The molecule has 1 saturated heterocycles. The van der Waals surface area contributed by atoms with Crippen LogP contribution in [0, 0.1) is 6.92 Å². The molecule has 6 heteroatoms. The summed E-state index contributed by atoms with van der Waals surface area (Å²) >= 11 is 0. The fourth-order valence-corrected chi connectivity index (χ4v) is 3.28. The van der Waals surface area contributed by atoms with Crippen LogP contribution in [0.25, 0.3) is 0 Å². The zero-order valence-electron chi connectivity index (χ0n) is 14.1. The Labute approximate surface area is 137 Å². The third-order valence-corrected chi connectivity index (χ3v) is 4.50. The highest BCUT2D eigenvalue weighted by atomic mass is 16.3. The number of rotatable bonds is 5. The van der Waals surface area contributed by atoms with Crippen LogP contribution in [0.4, 0.5) is 5.95 Å². The molecule has 1 aliphatic rings. The number of aliphatic hydroxyl groups is 1. The van der Waals surface area contributed by atoms with E-state index in [2.05, 4.69) is 26.9 Å². The summed E-state index contributed by atoms with van der Waals surface area (Å²) in [5, 5.41) is 14.6. The first-order valence-corrected chi connectivity index (χ1v) is 8.34. The molecule has 0 bridgehead atoms. The number of aromatic nitrogens is 4. The Kier molecular flexibility index (Phi) is 4.61. The summed E-state index contributed by atoms with van der Waals surface area (Å²) in [6, 6.07) is 2.32. The van der Waals surface area contributed by atoms with Crippen molar-refractivity contribution in [1.29, 1.82) is 0 Å². The van der Waals surface area contributed by atoms with E-state index < -0.39 is 6.10 Å². The largest absolute Gasteiger partial charge is 0.388 e. The minimum atomic E-state index is -0.496. The Morgan fingerprint density at radius 3 is 2.91 bits per heavy atom. The van der Waals surface area contributed by atoms with E-state index in [4.69, 9.17) is 0 Å². The summed E-state index contributed by atoms with van der Waals surface area (Å²) < 4.78 is 1.72. The van der Waals surface area contributed by atoms with Crippen LogP contribution >= 0.6 is 0 Å². The zero-order valence-corrected chi connectivity index (χ0v) is 14.1. The highest BCUT2D eigenvalue weighted by Gasteiger charge is 2.29. The van der Waals surface area contributed by atoms with Gasteiger partial charge in [-0.05, 0) is 38.7 Å². The molecule has 1 N–H and O–H groups in total. The molecule has 23 heavy (non-hydrogen) atoms. The molecule has 0 aromatic carbocycles. The summed E-state index contributed by atoms with van der Waals surface area (Å²) in [4.78, 5) is 11.6. The minimum absolute atomic E-state index is 0.275. The van der Waals surface area contributed by atoms with Crippen LogP contribution < -0.4 is 4.90 Å². The van der Waals surface area contributed by atoms with Crippen molar-refractivity contribution < 1.29 is 5.11 Å². The molecule has 2 unspecified atom stereocenters. The topological polar surface area (TPSA) is 67.1 Å². The van der Waals surface area contributed by atoms with Crippen LogP contribution in [0.1, 0.15) is 49.2 Å². The smallest absolute Gasteiger partial charge is 0.226 e. The van der Waals surface area contributed by atoms with Crippen LogP contribution in [0.5, 0.6) is 0 Å². The van der Waals surface area contributed by atoms with E-state index in [1.165, 1.54) is 0 Å². The Balaban J connectivity index is 1.76. The lowest BCUT2D eigenvalue weighted by Gasteiger charge is -2.26. The van der Waals surface area contributed by atoms with Gasteiger partial charge in [0.15, 0.2) is 0 Å². The predicted octanol–water partition coefficient (Wildman–Crippen LogP) is 2.17. The summed E-state index contributed by atoms with van der Waals surface area (Å²) in [5.74, 6) is 0.808. The van der Waals surface area contributed by atoms with Crippen molar-refractivity contribution in [2.24, 2.45) is 7.05 Å². The van der Waals surface area contributed by atoms with E-state index in [9.17, 15) is 5.11 Å². The maximum absolute atomic E-state index is 10.5. The Morgan fingerprint density at radius 2 is 2.22 bits per heavy atom. The van der Waals surface area contributed by atoms with Crippen molar-refractivity contribution in [2.45, 2.75) is 51.7 Å². The summed E-state index contributed by atoms with van der Waals surface area (Å²) in [6.45, 7) is 5.08. The first-order chi connectivity index (χ1) is 11.1. The number of aliphatic hydroxyl groups excluding tert-OH is 1. The Hall–Kier alpha value is -1.95. The SMILES string of the molecule is CCc1cc(C)nc(N2CCCC2CC(O)c2cnn(C)c2)n1. The third kappa shape index (κ3) is 3.52. The normalized spacial score (nSPS) is 19.3. The molecule has 3 rings (SSSR count). The number of aryl methyl sites for hydroxylation is 3. The molecule has 124 valence electrons. The second kappa shape index (κ2) is 6.66. The van der Waals surface area contributed by atoms with Crippen molar-refractivity contribution in [3.63, 3.8) is 0 Å². The highest BCUT2D eigenvalue weighted by Crippen LogP contribution is 2.30. The molecule has 2 aromatic rings. The van der Waals surface area contributed by atoms with Crippen molar-refractivity contribution in [1.82, 2.24) is 19.7 Å². The fraction of sp³-hybridized carbons (Fsp3) is 0.588. The fourth-order valence-electron chi connectivity index (χ4n) is 3.28. The molecule has 0 saturated carbocycles. The molecule has 2 atom stereocenters. The standard InChI is InChI=1S/C17H25N5O/c1-4-14-8-12(2)19-17(20-14)22-7-5-6-15(22)9-16(23)13-10-18-21(3)11-13/h8,10-11,15-16,23H,4-7,9H2,1-3H3. The van der Waals surface area contributed by atoms with E-state index >= 15 is 0 Å². The molecular formula is C17H25N5O. The molecular weight excluding hydrogens is 290 g/mol. The van der Waals surface area contributed by atoms with Gasteiger partial charge in [-0.3, -0.25) is 4.68 Å². The Morgan fingerprint density at radius 1 is 1.39 bits per heavy atom. The quantitative estimate of drug-likeness (QED) is 0.916. The molecule has 1 fully saturated rings. The van der Waals surface area contributed by atoms with E-state index in [1.54, 1.807) is 10.9 Å². The van der Waals surface area contributed by atoms with Gasteiger partial charge in [-0.2, -0.15) is 5.10 Å². The molecule has 0 spiro atoms. The first-order valence-electron chi connectivity index (χ1n) is 8.34. The van der Waals surface area contributed by atoms with Crippen molar-refractivity contribution in [3.8, 4) is 0 Å². The third-order valence-electron chi connectivity index (χ3n) is 4.50. The zero-order chi connectivity index (χ0) is 16.4. The monoisotopic (exact) mass is 315 g/mol. The van der Waals surface area contributed by atoms with Gasteiger partial charge in [-0.15, -0.1) is 0 Å². The van der Waals surface area contributed by atoms with E-state index in [0.29, 0.717) is 6.42 Å². The molecule has 6 nitrogen and oxygen atoms in total. The lowest BCUT2D eigenvalue weighted by molar-refractivity contribution is 0.158. The van der Waals surface area contributed by atoms with Crippen LogP contribution in [0.3, 0.4) is 0 Å². The average molecular weight is 315 g/mol. The minimum Gasteiger partial charge on any atom is -0.388 e.